The van der Waals surface area contributed by atoms with Gasteiger partial charge in [-0.15, -0.1) is 0 Å². The van der Waals surface area contributed by atoms with Crippen LogP contribution in [0.3, 0.4) is 0 Å². The molecule has 0 spiro atoms. The molecular formula is C28H35O3PSn. The first-order chi connectivity index (χ1) is 16.0. The normalized spacial score (nSPS) is 13.6. The molecule has 0 N–H and O–H groups in total. The summed E-state index contributed by atoms with van der Waals surface area (Å²) in [4.78, 5) is 0. The monoisotopic (exact) mass is 570 g/mol. The predicted molar refractivity (Wildman–Crippen MR) is 142 cm³/mol. The Morgan fingerprint density at radius 2 is 1.12 bits per heavy atom. The molecule has 0 radical (unpaired) electrons. The van der Waals surface area contributed by atoms with E-state index in [1.807, 2.05) is 32.0 Å². The van der Waals surface area contributed by atoms with E-state index in [1.54, 1.807) is 0 Å². The molecule has 0 aliphatic rings. The second kappa shape index (κ2) is 12.2. The van der Waals surface area contributed by atoms with Gasteiger partial charge in [-0.3, -0.25) is 0 Å². The van der Waals surface area contributed by atoms with Crippen LogP contribution in [0.15, 0.2) is 100 Å². The first-order valence-electron chi connectivity index (χ1n) is 11.8. The Morgan fingerprint density at radius 1 is 0.758 bits per heavy atom. The Labute approximate surface area is 203 Å². The second-order valence-electron chi connectivity index (χ2n) is 8.12. The van der Waals surface area contributed by atoms with Crippen molar-refractivity contribution in [3.05, 3.63) is 100 Å². The van der Waals surface area contributed by atoms with E-state index >= 15 is 0 Å². The van der Waals surface area contributed by atoms with Gasteiger partial charge in [-0.2, -0.15) is 0 Å². The molecule has 0 fully saturated rings. The maximum atomic E-state index is 14.7. The molecule has 5 heteroatoms. The summed E-state index contributed by atoms with van der Waals surface area (Å²) in [6.07, 6.45) is 3.16. The van der Waals surface area contributed by atoms with Gasteiger partial charge in [-0.25, -0.2) is 0 Å². The van der Waals surface area contributed by atoms with Crippen molar-refractivity contribution in [2.24, 2.45) is 5.92 Å². The van der Waals surface area contributed by atoms with Gasteiger partial charge in [-0.1, -0.05) is 0 Å². The van der Waals surface area contributed by atoms with Gasteiger partial charge in [0.1, 0.15) is 0 Å². The van der Waals surface area contributed by atoms with Crippen molar-refractivity contribution in [2.75, 3.05) is 13.2 Å². The molecule has 0 amide bonds. The summed E-state index contributed by atoms with van der Waals surface area (Å²) >= 11 is -4.10. The summed E-state index contributed by atoms with van der Waals surface area (Å²) in [7, 11) is -3.56. The van der Waals surface area contributed by atoms with Crippen molar-refractivity contribution in [1.82, 2.24) is 0 Å². The number of hydrogen-bond donors (Lipinski definition) is 0. The molecule has 0 saturated carbocycles. The summed E-state index contributed by atoms with van der Waals surface area (Å²) in [5.74, 6) is 0.237. The molecule has 3 rings (SSSR count). The van der Waals surface area contributed by atoms with Crippen LogP contribution < -0.4 is 10.7 Å². The van der Waals surface area contributed by atoms with E-state index in [0.29, 0.717) is 13.2 Å². The Balaban J connectivity index is 2.54. The molecule has 0 aliphatic carbocycles. The van der Waals surface area contributed by atoms with Crippen molar-refractivity contribution < 1.29 is 13.6 Å². The van der Waals surface area contributed by atoms with Gasteiger partial charge in [-0.05, 0) is 0 Å². The standard InChI is InChI=1S/C10H20O3P.3C6H5.Sn/c1-5-10(4)8-9-14(11,12-6-2)13-7-3;3*1-2-4-6-5-3-1;/h8,10H,5-7H2,1-4H3;3*1-5H;. The van der Waals surface area contributed by atoms with Crippen molar-refractivity contribution in [2.45, 2.75) is 34.1 Å². The summed E-state index contributed by atoms with van der Waals surface area (Å²) in [5, 5.41) is 0. The molecule has 3 nitrogen and oxygen atoms in total. The molecule has 1 atom stereocenters. The van der Waals surface area contributed by atoms with Crippen LogP contribution in [0.5, 0.6) is 0 Å². The molecule has 1 unspecified atom stereocenters. The molecule has 0 heterocycles. The van der Waals surface area contributed by atoms with Gasteiger partial charge >= 0.3 is 204 Å². The van der Waals surface area contributed by atoms with E-state index in [9.17, 15) is 4.57 Å². The maximum absolute atomic E-state index is 14.7. The molecule has 0 aliphatic heterocycles. The average molecular weight is 569 g/mol. The van der Waals surface area contributed by atoms with Gasteiger partial charge in [0.05, 0.1) is 0 Å². The summed E-state index contributed by atoms with van der Waals surface area (Å²) in [5.41, 5.74) is 0. The van der Waals surface area contributed by atoms with Crippen LogP contribution in [-0.2, 0) is 13.6 Å². The van der Waals surface area contributed by atoms with Crippen LogP contribution in [0.1, 0.15) is 34.1 Å². The SMILES string of the molecule is CCOP(=O)(OCC)/[C](=C/C(C)CC)[Sn]([c]1ccccc1)([c]1ccccc1)[c]1ccccc1. The van der Waals surface area contributed by atoms with E-state index in [4.69, 9.17) is 9.05 Å². The van der Waals surface area contributed by atoms with Crippen LogP contribution in [0.4, 0.5) is 0 Å². The van der Waals surface area contributed by atoms with E-state index in [-0.39, 0.29) is 5.92 Å². The fourth-order valence-corrected chi connectivity index (χ4v) is 26.3. The fraction of sp³-hybridized carbons (Fsp3) is 0.286. The number of benzene rings is 3. The van der Waals surface area contributed by atoms with Crippen LogP contribution in [0.2, 0.25) is 0 Å². The Hall–Kier alpha value is -1.65. The second-order valence-corrected chi connectivity index (χ2v) is 22.1. The predicted octanol–water partition coefficient (Wildman–Crippen LogP) is 5.89. The van der Waals surface area contributed by atoms with E-state index in [2.05, 4.69) is 92.7 Å². The third kappa shape index (κ3) is 5.54. The van der Waals surface area contributed by atoms with Crippen LogP contribution in [-0.4, -0.2) is 31.6 Å². The molecular weight excluding hydrogens is 534 g/mol. The Bertz CT molecular complexity index is 961. The zero-order valence-corrected chi connectivity index (χ0v) is 23.9. The van der Waals surface area contributed by atoms with Crippen LogP contribution >= 0.6 is 7.60 Å². The van der Waals surface area contributed by atoms with Gasteiger partial charge in [0.2, 0.25) is 0 Å². The van der Waals surface area contributed by atoms with Gasteiger partial charge in [0, 0.05) is 0 Å². The van der Waals surface area contributed by atoms with E-state index in [0.717, 1.165) is 9.75 Å². The minimum atomic E-state index is -4.10. The van der Waals surface area contributed by atoms with Crippen LogP contribution in [0, 0.1) is 5.92 Å². The summed E-state index contributed by atoms with van der Waals surface area (Å²) < 4.78 is 31.4. The van der Waals surface area contributed by atoms with E-state index < -0.39 is 26.0 Å². The van der Waals surface area contributed by atoms with Crippen molar-refractivity contribution >= 4 is 36.7 Å². The van der Waals surface area contributed by atoms with Crippen LogP contribution in [0.25, 0.3) is 0 Å². The molecule has 3 aromatic carbocycles. The number of hydrogen-bond acceptors (Lipinski definition) is 3. The first-order valence-corrected chi connectivity index (χ1v) is 19.1. The van der Waals surface area contributed by atoms with Crippen molar-refractivity contribution in [1.29, 1.82) is 0 Å². The molecule has 0 aromatic heterocycles. The first kappa shape index (κ1) is 26.0. The quantitative estimate of drug-likeness (QED) is 0.214. The zero-order valence-electron chi connectivity index (χ0n) is 20.1. The van der Waals surface area contributed by atoms with Gasteiger partial charge in [0.15, 0.2) is 0 Å². The molecule has 174 valence electrons. The topological polar surface area (TPSA) is 35.5 Å². The molecule has 0 bridgehead atoms. The Kier molecular flexibility index (Phi) is 9.57. The molecule has 0 saturated heterocycles. The summed E-state index contributed by atoms with van der Waals surface area (Å²) in [6.45, 7) is 8.77. The summed E-state index contributed by atoms with van der Waals surface area (Å²) in [6, 6.07) is 31.8. The van der Waals surface area contributed by atoms with E-state index in [1.165, 1.54) is 10.7 Å². The fourth-order valence-electron chi connectivity index (χ4n) is 4.33. The Morgan fingerprint density at radius 3 is 1.42 bits per heavy atom. The average Bonchev–Trinajstić information content (AvgIpc) is 2.86. The van der Waals surface area contributed by atoms with Crippen molar-refractivity contribution in [3.63, 3.8) is 0 Å². The molecule has 3 aromatic rings. The molecule has 33 heavy (non-hydrogen) atoms. The third-order valence-corrected chi connectivity index (χ3v) is 25.5. The number of rotatable bonds is 11. The third-order valence-electron chi connectivity index (χ3n) is 5.98. The van der Waals surface area contributed by atoms with Gasteiger partial charge in [0.25, 0.3) is 0 Å². The van der Waals surface area contributed by atoms with Gasteiger partial charge < -0.3 is 0 Å². The number of allylic oxidation sites excluding steroid dienone is 1. The minimum absolute atomic E-state index is 0.237. The zero-order chi connectivity index (χ0) is 23.7. The van der Waals surface area contributed by atoms with Crippen molar-refractivity contribution in [3.8, 4) is 0 Å².